The number of nitrogens with zero attached hydrogens (tertiary/aromatic N) is 1. The first-order valence-electron chi connectivity index (χ1n) is 7.40. The Morgan fingerprint density at radius 1 is 1.12 bits per heavy atom. The Kier molecular flexibility index (Phi) is 5.73. The number of carbonyl (C=O) groups is 1. The van der Waals surface area contributed by atoms with Crippen LogP contribution in [0.4, 0.5) is 11.4 Å². The maximum atomic E-state index is 12.0. The molecule has 0 saturated heterocycles. The van der Waals surface area contributed by atoms with Gasteiger partial charge in [-0.05, 0) is 42.3 Å². The number of benzene rings is 2. The van der Waals surface area contributed by atoms with Crippen molar-refractivity contribution in [3.05, 3.63) is 63.7 Å². The van der Waals surface area contributed by atoms with Gasteiger partial charge in [0, 0.05) is 12.1 Å². The van der Waals surface area contributed by atoms with Crippen molar-refractivity contribution in [1.82, 2.24) is 0 Å². The fraction of sp³-hybridized carbons (Fsp3) is 0.167. The van der Waals surface area contributed by atoms with Crippen LogP contribution in [0, 0.1) is 17.0 Å². The van der Waals surface area contributed by atoms with E-state index >= 15 is 0 Å². The summed E-state index contributed by atoms with van der Waals surface area (Å²) >= 11 is 0. The van der Waals surface area contributed by atoms with Gasteiger partial charge in [-0.25, -0.2) is 0 Å². The summed E-state index contributed by atoms with van der Waals surface area (Å²) in [5.74, 6) is 0.653. The number of nitro benzene ring substituents is 1. The first-order valence-corrected chi connectivity index (χ1v) is 7.40. The first-order chi connectivity index (χ1) is 11.9. The van der Waals surface area contributed by atoms with Gasteiger partial charge in [-0.15, -0.1) is 0 Å². The molecule has 1 amide bonds. The van der Waals surface area contributed by atoms with Crippen molar-refractivity contribution in [2.24, 2.45) is 0 Å². The van der Waals surface area contributed by atoms with Crippen molar-refractivity contribution in [1.29, 1.82) is 0 Å². The average Bonchev–Trinajstić information content (AvgIpc) is 2.61. The highest BCUT2D eigenvalue weighted by molar-refractivity contribution is 6.03. The number of nitrogens with one attached hydrogen (secondary N) is 1. The summed E-state index contributed by atoms with van der Waals surface area (Å²) in [7, 11) is 3.06. The van der Waals surface area contributed by atoms with Crippen molar-refractivity contribution >= 4 is 23.4 Å². The van der Waals surface area contributed by atoms with E-state index in [0.29, 0.717) is 11.5 Å². The molecule has 0 fully saturated rings. The number of ether oxygens (including phenoxy) is 2. The maximum absolute atomic E-state index is 12.0. The lowest BCUT2D eigenvalue weighted by Gasteiger charge is -2.07. The Balaban J connectivity index is 2.15. The van der Waals surface area contributed by atoms with Crippen LogP contribution in [-0.4, -0.2) is 25.1 Å². The number of rotatable bonds is 6. The lowest BCUT2D eigenvalue weighted by molar-refractivity contribution is -0.384. The Hall–Kier alpha value is -3.35. The van der Waals surface area contributed by atoms with E-state index in [4.69, 9.17) is 9.47 Å². The predicted octanol–water partition coefficient (Wildman–Crippen LogP) is 3.57. The zero-order valence-corrected chi connectivity index (χ0v) is 14.1. The topological polar surface area (TPSA) is 90.7 Å². The Labute approximate surface area is 145 Å². The molecule has 0 unspecified atom stereocenters. The number of nitro groups is 1. The first kappa shape index (κ1) is 18.0. The third-order valence-electron chi connectivity index (χ3n) is 3.44. The van der Waals surface area contributed by atoms with Gasteiger partial charge in [0.25, 0.3) is 5.69 Å². The molecule has 0 aliphatic rings. The number of hydrogen-bond donors (Lipinski definition) is 1. The molecular weight excluding hydrogens is 324 g/mol. The number of aryl methyl sites for hydroxylation is 1. The van der Waals surface area contributed by atoms with Gasteiger partial charge in [0.2, 0.25) is 5.91 Å². The van der Waals surface area contributed by atoms with Gasteiger partial charge in [-0.3, -0.25) is 14.9 Å². The zero-order chi connectivity index (χ0) is 18.4. The highest BCUT2D eigenvalue weighted by Gasteiger charge is 2.14. The molecule has 0 spiro atoms. The molecule has 130 valence electrons. The minimum absolute atomic E-state index is 0.145. The zero-order valence-electron chi connectivity index (χ0n) is 14.1. The lowest BCUT2D eigenvalue weighted by Crippen LogP contribution is -2.09. The number of methoxy groups -OCH3 is 2. The molecule has 2 aromatic rings. The summed E-state index contributed by atoms with van der Waals surface area (Å²) in [5.41, 5.74) is 1.47. The van der Waals surface area contributed by atoms with Gasteiger partial charge < -0.3 is 14.8 Å². The van der Waals surface area contributed by atoms with Crippen LogP contribution in [0.15, 0.2) is 42.5 Å². The summed E-state index contributed by atoms with van der Waals surface area (Å²) in [6, 6.07) is 9.82. The highest BCUT2D eigenvalue weighted by atomic mass is 16.6. The van der Waals surface area contributed by atoms with Gasteiger partial charge >= 0.3 is 0 Å². The van der Waals surface area contributed by atoms with E-state index in [1.165, 1.54) is 32.4 Å². The van der Waals surface area contributed by atoms with Crippen LogP contribution < -0.4 is 14.8 Å². The quantitative estimate of drug-likeness (QED) is 0.492. The SMILES string of the molecule is COc1ccc(C=CC(=O)Nc2ccc(C)cc2[N+](=O)[O-])cc1OC. The summed E-state index contributed by atoms with van der Waals surface area (Å²) in [6.07, 6.45) is 2.88. The molecule has 1 N–H and O–H groups in total. The molecule has 25 heavy (non-hydrogen) atoms. The van der Waals surface area contributed by atoms with Crippen molar-refractivity contribution in [3.63, 3.8) is 0 Å². The Bertz CT molecular complexity index is 830. The number of anilines is 1. The number of carbonyl (C=O) groups excluding carboxylic acids is 1. The molecule has 2 rings (SSSR count). The number of amides is 1. The van der Waals surface area contributed by atoms with Crippen LogP contribution in [0.2, 0.25) is 0 Å². The Morgan fingerprint density at radius 3 is 2.48 bits per heavy atom. The van der Waals surface area contributed by atoms with Crippen molar-refractivity contribution in [3.8, 4) is 11.5 Å². The Morgan fingerprint density at radius 2 is 1.84 bits per heavy atom. The smallest absolute Gasteiger partial charge is 0.293 e. The van der Waals surface area contributed by atoms with Crippen LogP contribution >= 0.6 is 0 Å². The number of hydrogen-bond acceptors (Lipinski definition) is 5. The van der Waals surface area contributed by atoms with Gasteiger partial charge in [0.1, 0.15) is 5.69 Å². The molecule has 0 aromatic heterocycles. The average molecular weight is 342 g/mol. The van der Waals surface area contributed by atoms with Crippen LogP contribution in [0.5, 0.6) is 11.5 Å². The second kappa shape index (κ2) is 7.96. The standard InChI is InChI=1S/C18H18N2O5/c1-12-4-7-14(15(10-12)20(22)23)19-18(21)9-6-13-5-8-16(24-2)17(11-13)25-3/h4-11H,1-3H3,(H,19,21). The molecule has 0 aliphatic heterocycles. The van der Waals surface area contributed by atoms with E-state index in [0.717, 1.165) is 11.1 Å². The molecule has 7 heteroatoms. The third kappa shape index (κ3) is 4.57. The summed E-state index contributed by atoms with van der Waals surface area (Å²) in [5, 5.41) is 13.6. The highest BCUT2D eigenvalue weighted by Crippen LogP contribution is 2.28. The molecule has 0 bridgehead atoms. The second-order valence-corrected chi connectivity index (χ2v) is 5.21. The minimum Gasteiger partial charge on any atom is -0.493 e. The maximum Gasteiger partial charge on any atom is 0.293 e. The van der Waals surface area contributed by atoms with Crippen LogP contribution in [0.1, 0.15) is 11.1 Å². The minimum atomic E-state index is -0.527. The van der Waals surface area contributed by atoms with Crippen LogP contribution in [-0.2, 0) is 4.79 Å². The van der Waals surface area contributed by atoms with Crippen molar-refractivity contribution < 1.29 is 19.2 Å². The van der Waals surface area contributed by atoms with Crippen LogP contribution in [0.3, 0.4) is 0 Å². The van der Waals surface area contributed by atoms with E-state index in [9.17, 15) is 14.9 Å². The van der Waals surface area contributed by atoms with E-state index in [1.807, 2.05) is 0 Å². The second-order valence-electron chi connectivity index (χ2n) is 5.21. The summed E-state index contributed by atoms with van der Waals surface area (Å²) < 4.78 is 10.3. The van der Waals surface area contributed by atoms with Gasteiger partial charge in [0.05, 0.1) is 19.1 Å². The molecule has 0 heterocycles. The molecular formula is C18H18N2O5. The molecule has 7 nitrogen and oxygen atoms in total. The molecule has 0 aliphatic carbocycles. The van der Waals surface area contributed by atoms with Gasteiger partial charge in [-0.1, -0.05) is 12.1 Å². The largest absolute Gasteiger partial charge is 0.493 e. The van der Waals surface area contributed by atoms with E-state index < -0.39 is 10.8 Å². The van der Waals surface area contributed by atoms with E-state index in [-0.39, 0.29) is 11.4 Å². The van der Waals surface area contributed by atoms with E-state index in [1.54, 1.807) is 37.3 Å². The molecule has 0 atom stereocenters. The third-order valence-corrected chi connectivity index (χ3v) is 3.44. The molecule has 0 saturated carbocycles. The normalized spacial score (nSPS) is 10.5. The fourth-order valence-electron chi connectivity index (χ4n) is 2.20. The predicted molar refractivity (Wildman–Crippen MR) is 95.0 cm³/mol. The van der Waals surface area contributed by atoms with Crippen molar-refractivity contribution in [2.75, 3.05) is 19.5 Å². The summed E-state index contributed by atoms with van der Waals surface area (Å²) in [6.45, 7) is 1.75. The van der Waals surface area contributed by atoms with E-state index in [2.05, 4.69) is 5.32 Å². The molecule has 0 radical (unpaired) electrons. The van der Waals surface area contributed by atoms with Crippen molar-refractivity contribution in [2.45, 2.75) is 6.92 Å². The summed E-state index contributed by atoms with van der Waals surface area (Å²) in [4.78, 5) is 22.6. The monoisotopic (exact) mass is 342 g/mol. The van der Waals surface area contributed by atoms with Crippen LogP contribution in [0.25, 0.3) is 6.08 Å². The lowest BCUT2D eigenvalue weighted by atomic mass is 10.1. The van der Waals surface area contributed by atoms with Gasteiger partial charge in [-0.2, -0.15) is 0 Å². The molecule has 2 aromatic carbocycles. The van der Waals surface area contributed by atoms with Gasteiger partial charge in [0.15, 0.2) is 11.5 Å². The fourth-order valence-corrected chi connectivity index (χ4v) is 2.20.